The van der Waals surface area contributed by atoms with Crippen LogP contribution in [-0.4, -0.2) is 30.0 Å². The van der Waals surface area contributed by atoms with Gasteiger partial charge in [0.25, 0.3) is 5.69 Å². The molecular weight excluding hydrogens is 254 g/mol. The maximum Gasteiger partial charge on any atom is 0.269 e. The number of anilines is 1. The summed E-state index contributed by atoms with van der Waals surface area (Å²) in [5.74, 6) is 0. The lowest BCUT2D eigenvalue weighted by Gasteiger charge is -2.19. The summed E-state index contributed by atoms with van der Waals surface area (Å²) in [6, 6.07) is 5.06. The van der Waals surface area contributed by atoms with Gasteiger partial charge in [0.15, 0.2) is 0 Å². The zero-order chi connectivity index (χ0) is 15.0. The monoisotopic (exact) mass is 279 g/mol. The molecule has 1 aromatic rings. The number of non-ortho nitro benzene ring substituents is 1. The number of unbranched alkanes of at least 4 members (excludes halogenated alkanes) is 1. The van der Waals surface area contributed by atoms with Gasteiger partial charge in [-0.05, 0) is 38.1 Å². The standard InChI is InChI=1S/C15H25N3O2/c1-4-6-10-17(3)12-13-11-14(18(19)20)7-8-15(13)16-9-5-2/h7-8,11,16H,4-6,9-10,12H2,1-3H3. The Balaban J connectivity index is 2.86. The van der Waals surface area contributed by atoms with Crippen molar-refractivity contribution in [2.45, 2.75) is 39.7 Å². The van der Waals surface area contributed by atoms with Crippen LogP contribution in [0.5, 0.6) is 0 Å². The molecule has 112 valence electrons. The molecule has 1 aromatic carbocycles. The molecule has 0 heterocycles. The second-order valence-electron chi connectivity index (χ2n) is 5.12. The minimum atomic E-state index is -0.334. The topological polar surface area (TPSA) is 58.4 Å². The molecule has 0 amide bonds. The third-order valence-corrected chi connectivity index (χ3v) is 3.20. The van der Waals surface area contributed by atoms with Crippen molar-refractivity contribution in [2.24, 2.45) is 0 Å². The first kappa shape index (κ1) is 16.4. The number of nitro groups is 1. The van der Waals surface area contributed by atoms with Crippen LogP contribution < -0.4 is 5.32 Å². The predicted octanol–water partition coefficient (Wildman–Crippen LogP) is 3.65. The minimum absolute atomic E-state index is 0.158. The highest BCUT2D eigenvalue weighted by molar-refractivity contribution is 5.56. The van der Waals surface area contributed by atoms with E-state index in [2.05, 4.69) is 31.1 Å². The van der Waals surface area contributed by atoms with Gasteiger partial charge >= 0.3 is 0 Å². The van der Waals surface area contributed by atoms with Crippen LogP contribution in [-0.2, 0) is 6.54 Å². The fraction of sp³-hybridized carbons (Fsp3) is 0.600. The molecule has 0 spiro atoms. The van der Waals surface area contributed by atoms with E-state index in [1.807, 2.05) is 6.07 Å². The van der Waals surface area contributed by atoms with Gasteiger partial charge in [0.05, 0.1) is 4.92 Å². The van der Waals surface area contributed by atoms with Crippen LogP contribution in [0.2, 0.25) is 0 Å². The molecule has 0 bridgehead atoms. The summed E-state index contributed by atoms with van der Waals surface area (Å²) in [4.78, 5) is 12.8. The molecule has 5 heteroatoms. The van der Waals surface area contributed by atoms with Crippen molar-refractivity contribution in [2.75, 3.05) is 25.5 Å². The Morgan fingerprint density at radius 1 is 1.30 bits per heavy atom. The van der Waals surface area contributed by atoms with E-state index in [0.717, 1.165) is 50.1 Å². The zero-order valence-electron chi connectivity index (χ0n) is 12.7. The molecule has 1 N–H and O–H groups in total. The van der Waals surface area contributed by atoms with Gasteiger partial charge in [-0.2, -0.15) is 0 Å². The molecule has 0 fully saturated rings. The van der Waals surface area contributed by atoms with Crippen molar-refractivity contribution in [3.05, 3.63) is 33.9 Å². The molecule has 0 atom stereocenters. The second-order valence-corrected chi connectivity index (χ2v) is 5.12. The van der Waals surface area contributed by atoms with E-state index < -0.39 is 0 Å². The average molecular weight is 279 g/mol. The molecule has 0 saturated carbocycles. The van der Waals surface area contributed by atoms with E-state index in [0.29, 0.717) is 0 Å². The fourth-order valence-electron chi connectivity index (χ4n) is 2.05. The second kappa shape index (κ2) is 8.53. The summed E-state index contributed by atoms with van der Waals surface area (Å²) >= 11 is 0. The van der Waals surface area contributed by atoms with Crippen LogP contribution in [0.25, 0.3) is 0 Å². The van der Waals surface area contributed by atoms with E-state index in [9.17, 15) is 10.1 Å². The van der Waals surface area contributed by atoms with Gasteiger partial charge in [0.1, 0.15) is 0 Å². The number of benzene rings is 1. The Morgan fingerprint density at radius 3 is 2.65 bits per heavy atom. The van der Waals surface area contributed by atoms with Crippen LogP contribution >= 0.6 is 0 Å². The lowest BCUT2D eigenvalue weighted by molar-refractivity contribution is -0.384. The van der Waals surface area contributed by atoms with Gasteiger partial charge in [-0.15, -0.1) is 0 Å². The Bertz CT molecular complexity index is 435. The molecule has 0 aliphatic carbocycles. The molecule has 0 aliphatic rings. The number of hydrogen-bond donors (Lipinski definition) is 1. The minimum Gasteiger partial charge on any atom is -0.385 e. The zero-order valence-corrected chi connectivity index (χ0v) is 12.7. The molecule has 5 nitrogen and oxygen atoms in total. The van der Waals surface area contributed by atoms with Crippen molar-refractivity contribution in [1.29, 1.82) is 0 Å². The number of nitrogens with zero attached hydrogens (tertiary/aromatic N) is 2. The Kier molecular flexibility index (Phi) is 7.01. The first-order valence-corrected chi connectivity index (χ1v) is 7.28. The largest absolute Gasteiger partial charge is 0.385 e. The van der Waals surface area contributed by atoms with Crippen molar-refractivity contribution in [3.63, 3.8) is 0 Å². The molecule has 0 aliphatic heterocycles. The Morgan fingerprint density at radius 2 is 2.05 bits per heavy atom. The van der Waals surface area contributed by atoms with Gasteiger partial charge in [0, 0.05) is 30.9 Å². The molecule has 20 heavy (non-hydrogen) atoms. The smallest absolute Gasteiger partial charge is 0.269 e. The highest BCUT2D eigenvalue weighted by Gasteiger charge is 2.12. The van der Waals surface area contributed by atoms with E-state index in [4.69, 9.17) is 0 Å². The van der Waals surface area contributed by atoms with E-state index in [1.165, 1.54) is 0 Å². The van der Waals surface area contributed by atoms with Crippen LogP contribution in [0.15, 0.2) is 18.2 Å². The molecule has 0 saturated heterocycles. The van der Waals surface area contributed by atoms with Crippen molar-refractivity contribution in [1.82, 2.24) is 4.90 Å². The summed E-state index contributed by atoms with van der Waals surface area (Å²) in [6.45, 7) is 6.88. The first-order valence-electron chi connectivity index (χ1n) is 7.28. The maximum atomic E-state index is 10.9. The highest BCUT2D eigenvalue weighted by atomic mass is 16.6. The van der Waals surface area contributed by atoms with Crippen LogP contribution in [0, 0.1) is 10.1 Å². The summed E-state index contributed by atoms with van der Waals surface area (Å²) < 4.78 is 0. The maximum absolute atomic E-state index is 10.9. The van der Waals surface area contributed by atoms with E-state index in [-0.39, 0.29) is 10.6 Å². The van der Waals surface area contributed by atoms with Gasteiger partial charge in [-0.25, -0.2) is 0 Å². The molecule has 0 aromatic heterocycles. The number of nitro benzene ring substituents is 1. The third-order valence-electron chi connectivity index (χ3n) is 3.20. The normalized spacial score (nSPS) is 10.8. The molecule has 0 unspecified atom stereocenters. The Hall–Kier alpha value is -1.62. The van der Waals surface area contributed by atoms with Gasteiger partial charge < -0.3 is 10.2 Å². The number of rotatable bonds is 9. The van der Waals surface area contributed by atoms with Gasteiger partial charge in [-0.3, -0.25) is 10.1 Å². The SMILES string of the molecule is CCCCN(C)Cc1cc([N+](=O)[O-])ccc1NCCC. The predicted molar refractivity (Wildman–Crippen MR) is 83.1 cm³/mol. The van der Waals surface area contributed by atoms with Crippen molar-refractivity contribution < 1.29 is 4.92 Å². The van der Waals surface area contributed by atoms with Crippen LogP contribution in [0.4, 0.5) is 11.4 Å². The first-order chi connectivity index (χ1) is 9.58. The van der Waals surface area contributed by atoms with E-state index in [1.54, 1.807) is 12.1 Å². The summed E-state index contributed by atoms with van der Waals surface area (Å²) in [7, 11) is 2.05. The molecule has 1 rings (SSSR count). The fourth-order valence-corrected chi connectivity index (χ4v) is 2.05. The summed E-state index contributed by atoms with van der Waals surface area (Å²) in [6.07, 6.45) is 3.32. The third kappa shape index (κ3) is 5.17. The molecular formula is C15H25N3O2. The lowest BCUT2D eigenvalue weighted by atomic mass is 10.1. The highest BCUT2D eigenvalue weighted by Crippen LogP contribution is 2.23. The quantitative estimate of drug-likeness (QED) is 0.553. The van der Waals surface area contributed by atoms with Crippen molar-refractivity contribution >= 4 is 11.4 Å². The van der Waals surface area contributed by atoms with Gasteiger partial charge in [0.2, 0.25) is 0 Å². The Labute approximate surface area is 121 Å². The average Bonchev–Trinajstić information content (AvgIpc) is 2.43. The summed E-state index contributed by atoms with van der Waals surface area (Å²) in [5, 5.41) is 14.2. The molecule has 0 radical (unpaired) electrons. The lowest BCUT2D eigenvalue weighted by Crippen LogP contribution is -2.20. The number of hydrogen-bond acceptors (Lipinski definition) is 4. The number of nitrogens with one attached hydrogen (secondary N) is 1. The van der Waals surface area contributed by atoms with E-state index >= 15 is 0 Å². The van der Waals surface area contributed by atoms with Crippen LogP contribution in [0.1, 0.15) is 38.7 Å². The van der Waals surface area contributed by atoms with Gasteiger partial charge in [-0.1, -0.05) is 20.3 Å². The van der Waals surface area contributed by atoms with Crippen molar-refractivity contribution in [3.8, 4) is 0 Å². The van der Waals surface area contributed by atoms with Crippen LogP contribution in [0.3, 0.4) is 0 Å². The summed E-state index contributed by atoms with van der Waals surface area (Å²) in [5.41, 5.74) is 2.15.